The molecule has 0 atom stereocenters. The quantitative estimate of drug-likeness (QED) is 0.178. The van der Waals surface area contributed by atoms with Gasteiger partial charge in [-0.05, 0) is 97.9 Å². The van der Waals surface area contributed by atoms with Crippen molar-refractivity contribution in [3.05, 3.63) is 131 Å². The molecule has 0 radical (unpaired) electrons. The van der Waals surface area contributed by atoms with Gasteiger partial charge in [-0.25, -0.2) is 9.97 Å². The van der Waals surface area contributed by atoms with Crippen molar-refractivity contribution in [2.24, 2.45) is 0 Å². The molecule has 0 amide bonds. The second-order valence-corrected chi connectivity index (χ2v) is 13.5. The van der Waals surface area contributed by atoms with Gasteiger partial charge in [0, 0.05) is 21.9 Å². The van der Waals surface area contributed by atoms with Gasteiger partial charge < -0.3 is 0 Å². The first-order chi connectivity index (χ1) is 22.7. The van der Waals surface area contributed by atoms with E-state index in [0.29, 0.717) is 11.8 Å². The summed E-state index contributed by atoms with van der Waals surface area (Å²) in [4.78, 5) is 10.2. The van der Waals surface area contributed by atoms with Crippen LogP contribution in [0, 0.1) is 13.8 Å². The Morgan fingerprint density at radius 1 is 0.447 bits per heavy atom. The molecule has 47 heavy (non-hydrogen) atoms. The molecule has 0 aliphatic heterocycles. The summed E-state index contributed by atoms with van der Waals surface area (Å²) in [6.45, 7) is 4.38. The molecule has 238 valence electrons. The Morgan fingerprint density at radius 2 is 0.809 bits per heavy atom. The molecular formula is C44H46IrN2+3. The first-order valence-electron chi connectivity index (χ1n) is 17.6. The van der Waals surface area contributed by atoms with Gasteiger partial charge in [-0.15, -0.1) is 0 Å². The van der Waals surface area contributed by atoms with Crippen molar-refractivity contribution in [2.75, 3.05) is 0 Å². The van der Waals surface area contributed by atoms with E-state index in [1.807, 2.05) is 0 Å². The van der Waals surface area contributed by atoms with Crippen molar-refractivity contribution in [3.63, 3.8) is 0 Å². The zero-order valence-corrected chi connectivity index (χ0v) is 30.2. The standard InChI is InChI=1S/2C22H23N.Ir/c2*1-16-9-5-7-13-19(16)22-20(17-10-3-2-4-11-17)15-18-12-6-8-14-21(18)23-22;/h2*5-9,12-15,17H,2-4,10-11H2,1H3;/q;;+3. The number of aryl methyl sites for hydroxylation is 2. The second-order valence-electron chi connectivity index (χ2n) is 13.5. The van der Waals surface area contributed by atoms with Crippen LogP contribution in [-0.2, 0) is 20.1 Å². The summed E-state index contributed by atoms with van der Waals surface area (Å²) in [6, 6.07) is 39.1. The summed E-state index contributed by atoms with van der Waals surface area (Å²) >= 11 is 0. The van der Waals surface area contributed by atoms with Gasteiger partial charge in [0.05, 0.1) is 22.4 Å². The molecule has 2 fully saturated rings. The molecule has 6 aromatic rings. The smallest absolute Gasteiger partial charge is 0.247 e. The van der Waals surface area contributed by atoms with E-state index in [1.54, 1.807) is 0 Å². The fourth-order valence-electron chi connectivity index (χ4n) is 7.82. The summed E-state index contributed by atoms with van der Waals surface area (Å²) in [5.41, 5.74) is 12.7. The minimum absolute atomic E-state index is 0. The molecule has 2 heterocycles. The van der Waals surface area contributed by atoms with Crippen molar-refractivity contribution < 1.29 is 20.1 Å². The normalized spacial score (nSPS) is 15.5. The average Bonchev–Trinajstić information content (AvgIpc) is 3.12. The van der Waals surface area contributed by atoms with Gasteiger partial charge in [-0.2, -0.15) is 0 Å². The Labute approximate surface area is 294 Å². The Kier molecular flexibility index (Phi) is 11.0. The Bertz CT molecular complexity index is 1810. The van der Waals surface area contributed by atoms with Crippen molar-refractivity contribution in [3.8, 4) is 22.5 Å². The molecule has 8 rings (SSSR count). The van der Waals surface area contributed by atoms with Crippen LogP contribution in [0.3, 0.4) is 0 Å². The molecule has 3 heteroatoms. The number of hydrogen-bond donors (Lipinski definition) is 0. The number of benzene rings is 4. The van der Waals surface area contributed by atoms with E-state index in [1.165, 1.54) is 120 Å². The van der Waals surface area contributed by atoms with Crippen LogP contribution < -0.4 is 0 Å². The summed E-state index contributed by atoms with van der Waals surface area (Å²) in [7, 11) is 0. The predicted molar refractivity (Wildman–Crippen MR) is 195 cm³/mol. The summed E-state index contributed by atoms with van der Waals surface area (Å²) in [5.74, 6) is 1.32. The third kappa shape index (κ3) is 7.43. The van der Waals surface area contributed by atoms with Gasteiger partial charge in [-0.1, -0.05) is 123 Å². The van der Waals surface area contributed by atoms with Crippen LogP contribution in [-0.4, -0.2) is 9.97 Å². The zero-order chi connectivity index (χ0) is 31.3. The van der Waals surface area contributed by atoms with Gasteiger partial charge in [0.1, 0.15) is 0 Å². The molecule has 2 saturated carbocycles. The van der Waals surface area contributed by atoms with Crippen LogP contribution in [0.15, 0.2) is 109 Å². The van der Waals surface area contributed by atoms with E-state index in [0.717, 1.165) is 11.0 Å². The van der Waals surface area contributed by atoms with E-state index in [4.69, 9.17) is 9.97 Å². The monoisotopic (exact) mass is 795 g/mol. The maximum absolute atomic E-state index is 5.08. The fourth-order valence-corrected chi connectivity index (χ4v) is 7.82. The maximum atomic E-state index is 5.08. The second kappa shape index (κ2) is 15.5. The van der Waals surface area contributed by atoms with Gasteiger partial charge in [0.2, 0.25) is 0 Å². The number of rotatable bonds is 4. The van der Waals surface area contributed by atoms with E-state index >= 15 is 0 Å². The van der Waals surface area contributed by atoms with Gasteiger partial charge in [0.25, 0.3) is 0 Å². The van der Waals surface area contributed by atoms with Crippen molar-refractivity contribution in [1.29, 1.82) is 0 Å². The molecule has 4 aromatic carbocycles. The molecule has 2 aliphatic carbocycles. The third-order valence-electron chi connectivity index (χ3n) is 10.4. The largest absolute Gasteiger partial charge is 3.00 e. The number of hydrogen-bond acceptors (Lipinski definition) is 2. The van der Waals surface area contributed by atoms with E-state index in [9.17, 15) is 0 Å². The molecule has 0 spiro atoms. The third-order valence-corrected chi connectivity index (χ3v) is 10.4. The number of fused-ring (bicyclic) bond motifs is 2. The van der Waals surface area contributed by atoms with E-state index < -0.39 is 0 Å². The Morgan fingerprint density at radius 3 is 1.21 bits per heavy atom. The SMILES string of the molecule is Cc1ccccc1-c1nc2ccccc2cc1C1CCCCC1.Cc1ccccc1-c1nc2ccccc2cc1C1CCCCC1.[Ir+3]. The minimum Gasteiger partial charge on any atom is -0.247 e. The van der Waals surface area contributed by atoms with Gasteiger partial charge >= 0.3 is 20.1 Å². The molecule has 0 unspecified atom stereocenters. The number of pyridine rings is 2. The summed E-state index contributed by atoms with van der Waals surface area (Å²) < 4.78 is 0. The number of aromatic nitrogens is 2. The van der Waals surface area contributed by atoms with Crippen LogP contribution in [0.1, 0.15) is 98.3 Å². The van der Waals surface area contributed by atoms with Crippen LogP contribution in [0.5, 0.6) is 0 Å². The summed E-state index contributed by atoms with van der Waals surface area (Å²) in [6.07, 6.45) is 13.4. The van der Waals surface area contributed by atoms with Crippen LogP contribution >= 0.6 is 0 Å². The zero-order valence-electron chi connectivity index (χ0n) is 27.8. The number of para-hydroxylation sites is 2. The average molecular weight is 795 g/mol. The first-order valence-corrected chi connectivity index (χ1v) is 17.6. The molecule has 0 N–H and O–H groups in total. The van der Waals surface area contributed by atoms with Crippen LogP contribution in [0.25, 0.3) is 44.3 Å². The molecular weight excluding hydrogens is 749 g/mol. The van der Waals surface area contributed by atoms with Gasteiger partial charge in [0.15, 0.2) is 0 Å². The minimum atomic E-state index is 0. The molecule has 2 aliphatic rings. The van der Waals surface area contributed by atoms with Crippen molar-refractivity contribution in [2.45, 2.75) is 89.9 Å². The Balaban J connectivity index is 0.000000161. The van der Waals surface area contributed by atoms with Crippen molar-refractivity contribution >= 4 is 21.8 Å². The summed E-state index contributed by atoms with van der Waals surface area (Å²) in [5, 5.41) is 2.54. The van der Waals surface area contributed by atoms with Gasteiger partial charge in [-0.3, -0.25) is 0 Å². The molecule has 0 bridgehead atoms. The molecule has 2 nitrogen and oxygen atoms in total. The molecule has 2 aromatic heterocycles. The van der Waals surface area contributed by atoms with Crippen LogP contribution in [0.4, 0.5) is 0 Å². The van der Waals surface area contributed by atoms with E-state index in [-0.39, 0.29) is 20.1 Å². The molecule has 0 saturated heterocycles. The first kappa shape index (κ1) is 33.3. The predicted octanol–water partition coefficient (Wildman–Crippen LogP) is 12.5. The topological polar surface area (TPSA) is 25.8 Å². The number of nitrogens with zero attached hydrogens (tertiary/aromatic N) is 2. The fraction of sp³-hybridized carbons (Fsp3) is 0.318. The van der Waals surface area contributed by atoms with E-state index in [2.05, 4.69) is 123 Å². The van der Waals surface area contributed by atoms with Crippen molar-refractivity contribution in [1.82, 2.24) is 9.97 Å². The van der Waals surface area contributed by atoms with Crippen LogP contribution in [0.2, 0.25) is 0 Å². The Hall–Kier alpha value is -3.65. The maximum Gasteiger partial charge on any atom is 3.00 e.